The van der Waals surface area contributed by atoms with Crippen molar-refractivity contribution >= 4 is 23.6 Å². The minimum absolute atomic E-state index is 0.139. The number of hydrogen-bond donors (Lipinski definition) is 1. The molecule has 7 heteroatoms. The summed E-state index contributed by atoms with van der Waals surface area (Å²) in [5.74, 6) is 0.819. The second-order valence-electron chi connectivity index (χ2n) is 9.94. The number of hydrogen-bond acceptors (Lipinski definition) is 4. The number of amides is 2. The summed E-state index contributed by atoms with van der Waals surface area (Å²) in [7, 11) is 1.60. The number of ether oxygens (including phenoxy) is 1. The van der Waals surface area contributed by atoms with Crippen LogP contribution < -0.4 is 10.1 Å². The van der Waals surface area contributed by atoms with Crippen molar-refractivity contribution in [2.75, 3.05) is 12.9 Å². The lowest BCUT2D eigenvalue weighted by Crippen LogP contribution is -2.54. The van der Waals surface area contributed by atoms with Crippen molar-refractivity contribution in [3.63, 3.8) is 0 Å². The molecule has 196 valence electrons. The molecule has 3 rings (SSSR count). The fourth-order valence-corrected chi connectivity index (χ4v) is 4.76. The van der Waals surface area contributed by atoms with Gasteiger partial charge >= 0.3 is 0 Å². The van der Waals surface area contributed by atoms with Crippen LogP contribution in [0.4, 0.5) is 4.39 Å². The van der Waals surface area contributed by atoms with Gasteiger partial charge in [-0.05, 0) is 61.7 Å². The number of thioether (sulfide) groups is 1. The van der Waals surface area contributed by atoms with Crippen LogP contribution in [0.2, 0.25) is 0 Å². The van der Waals surface area contributed by atoms with Crippen molar-refractivity contribution in [1.29, 1.82) is 0 Å². The molecule has 0 aliphatic carbocycles. The number of nitrogens with zero attached hydrogens (tertiary/aromatic N) is 1. The molecule has 0 aliphatic rings. The molecule has 2 amide bonds. The lowest BCUT2D eigenvalue weighted by Gasteiger charge is -2.34. The van der Waals surface area contributed by atoms with Crippen molar-refractivity contribution < 1.29 is 18.7 Å². The summed E-state index contributed by atoms with van der Waals surface area (Å²) >= 11 is 1.45. The summed E-state index contributed by atoms with van der Waals surface area (Å²) < 4.78 is 18.6. The number of benzene rings is 3. The average Bonchev–Trinajstić information content (AvgIpc) is 2.87. The third kappa shape index (κ3) is 9.25. The average molecular weight is 523 g/mol. The first-order valence-electron chi connectivity index (χ1n) is 12.2. The van der Waals surface area contributed by atoms with Gasteiger partial charge in [-0.1, -0.05) is 54.6 Å². The molecule has 0 aliphatic heterocycles. The van der Waals surface area contributed by atoms with Crippen LogP contribution in [0, 0.1) is 5.82 Å². The SMILES string of the molecule is COc1cccc(CN(C(=O)CSCc2ccc(F)cc2)[C@H](Cc2ccccc2)C(=O)NC(C)(C)C)c1. The molecule has 0 unspecified atom stereocenters. The van der Waals surface area contributed by atoms with Gasteiger partial charge in [-0.15, -0.1) is 11.8 Å². The fraction of sp³-hybridized carbons (Fsp3) is 0.333. The number of rotatable bonds is 11. The minimum atomic E-state index is -0.702. The van der Waals surface area contributed by atoms with Gasteiger partial charge in [0, 0.05) is 24.3 Å². The van der Waals surface area contributed by atoms with E-state index in [1.165, 1.54) is 23.9 Å². The van der Waals surface area contributed by atoms with Gasteiger partial charge < -0.3 is 15.0 Å². The molecule has 3 aromatic rings. The molecule has 0 fully saturated rings. The molecule has 1 atom stereocenters. The fourth-order valence-electron chi connectivity index (χ4n) is 3.89. The largest absolute Gasteiger partial charge is 0.497 e. The van der Waals surface area contributed by atoms with Crippen LogP contribution in [-0.2, 0) is 28.3 Å². The lowest BCUT2D eigenvalue weighted by molar-refractivity contribution is -0.140. The third-order valence-corrected chi connectivity index (χ3v) is 6.65. The Bertz CT molecular complexity index is 1160. The summed E-state index contributed by atoms with van der Waals surface area (Å²) in [6.45, 7) is 6.05. The van der Waals surface area contributed by atoms with Gasteiger partial charge in [0.25, 0.3) is 0 Å². The van der Waals surface area contributed by atoms with Gasteiger partial charge in [-0.25, -0.2) is 4.39 Å². The summed E-state index contributed by atoms with van der Waals surface area (Å²) in [6.07, 6.45) is 0.390. The second-order valence-corrected chi connectivity index (χ2v) is 10.9. The van der Waals surface area contributed by atoms with Crippen molar-refractivity contribution in [3.05, 3.63) is 101 Å². The van der Waals surface area contributed by atoms with E-state index in [0.29, 0.717) is 17.9 Å². The van der Waals surface area contributed by atoms with E-state index in [1.807, 2.05) is 75.4 Å². The monoisotopic (exact) mass is 522 g/mol. The van der Waals surface area contributed by atoms with Crippen LogP contribution in [0.5, 0.6) is 5.75 Å². The van der Waals surface area contributed by atoms with E-state index in [-0.39, 0.29) is 29.9 Å². The Labute approximate surface area is 223 Å². The molecule has 0 heterocycles. The van der Waals surface area contributed by atoms with Gasteiger partial charge in [0.1, 0.15) is 17.6 Å². The number of carbonyl (C=O) groups is 2. The van der Waals surface area contributed by atoms with Gasteiger partial charge in [-0.3, -0.25) is 9.59 Å². The minimum Gasteiger partial charge on any atom is -0.497 e. The number of carbonyl (C=O) groups excluding carboxylic acids is 2. The van der Waals surface area contributed by atoms with E-state index < -0.39 is 11.6 Å². The number of halogens is 1. The lowest BCUT2D eigenvalue weighted by atomic mass is 10.0. The quantitative estimate of drug-likeness (QED) is 0.355. The second kappa shape index (κ2) is 13.3. The molecular weight excluding hydrogens is 487 g/mol. The zero-order valence-corrected chi connectivity index (χ0v) is 22.7. The molecule has 3 aromatic carbocycles. The summed E-state index contributed by atoms with van der Waals surface area (Å²) in [5, 5.41) is 3.07. The molecule has 37 heavy (non-hydrogen) atoms. The van der Waals surface area contributed by atoms with Crippen molar-refractivity contribution in [2.45, 2.75) is 51.1 Å². The van der Waals surface area contributed by atoms with E-state index >= 15 is 0 Å². The highest BCUT2D eigenvalue weighted by molar-refractivity contribution is 7.99. The predicted molar refractivity (Wildman–Crippen MR) is 148 cm³/mol. The molecule has 0 saturated heterocycles. The van der Waals surface area contributed by atoms with Crippen LogP contribution in [0.3, 0.4) is 0 Å². The van der Waals surface area contributed by atoms with Crippen LogP contribution >= 0.6 is 11.8 Å². The Balaban J connectivity index is 1.88. The molecular formula is C30H35FN2O3S. The van der Waals surface area contributed by atoms with Gasteiger partial charge in [0.05, 0.1) is 12.9 Å². The van der Waals surface area contributed by atoms with E-state index in [1.54, 1.807) is 24.1 Å². The predicted octanol–water partition coefficient (Wildman–Crippen LogP) is 5.62. The first-order chi connectivity index (χ1) is 17.6. The molecule has 0 saturated carbocycles. The van der Waals surface area contributed by atoms with Crippen LogP contribution in [-0.4, -0.2) is 41.2 Å². The summed E-state index contributed by atoms with van der Waals surface area (Å²) in [4.78, 5) is 28.9. The number of nitrogens with one attached hydrogen (secondary N) is 1. The Kier molecular flexibility index (Phi) is 10.1. The molecule has 0 radical (unpaired) electrons. The van der Waals surface area contributed by atoms with Crippen molar-refractivity contribution in [3.8, 4) is 5.75 Å². The molecule has 0 bridgehead atoms. The van der Waals surface area contributed by atoms with Crippen LogP contribution in [0.15, 0.2) is 78.9 Å². The number of methoxy groups -OCH3 is 1. The van der Waals surface area contributed by atoms with E-state index in [0.717, 1.165) is 16.7 Å². The topological polar surface area (TPSA) is 58.6 Å². The first kappa shape index (κ1) is 28.3. The summed E-state index contributed by atoms with van der Waals surface area (Å²) in [6, 6.07) is 22.8. The smallest absolute Gasteiger partial charge is 0.243 e. The Hall–Kier alpha value is -3.32. The highest BCUT2D eigenvalue weighted by atomic mass is 32.2. The molecule has 0 spiro atoms. The Morgan fingerprint density at radius 2 is 1.62 bits per heavy atom. The Morgan fingerprint density at radius 3 is 2.27 bits per heavy atom. The first-order valence-corrected chi connectivity index (χ1v) is 13.4. The van der Waals surface area contributed by atoms with E-state index in [9.17, 15) is 14.0 Å². The van der Waals surface area contributed by atoms with Crippen molar-refractivity contribution in [1.82, 2.24) is 10.2 Å². The maximum absolute atomic E-state index is 13.7. The summed E-state index contributed by atoms with van der Waals surface area (Å²) in [5.41, 5.74) is 2.33. The molecule has 0 aromatic heterocycles. The highest BCUT2D eigenvalue weighted by Crippen LogP contribution is 2.21. The normalized spacial score (nSPS) is 12.0. The van der Waals surface area contributed by atoms with Crippen LogP contribution in [0.25, 0.3) is 0 Å². The maximum Gasteiger partial charge on any atom is 0.243 e. The molecule has 5 nitrogen and oxygen atoms in total. The van der Waals surface area contributed by atoms with E-state index in [4.69, 9.17) is 4.74 Å². The van der Waals surface area contributed by atoms with Crippen molar-refractivity contribution in [2.24, 2.45) is 0 Å². The van der Waals surface area contributed by atoms with Gasteiger partial charge in [-0.2, -0.15) is 0 Å². The standard InChI is InChI=1S/C30H35FN2O3S/c1-30(2,3)32-29(35)27(18-22-9-6-5-7-10-22)33(19-24-11-8-12-26(17-24)36-4)28(34)21-37-20-23-13-15-25(31)16-14-23/h5-17,27H,18-21H2,1-4H3,(H,32,35)/t27-/m1/s1. The zero-order chi connectivity index (χ0) is 26.8. The third-order valence-electron chi connectivity index (χ3n) is 5.66. The van der Waals surface area contributed by atoms with Gasteiger partial charge in [0.15, 0.2) is 0 Å². The zero-order valence-electron chi connectivity index (χ0n) is 21.9. The van der Waals surface area contributed by atoms with E-state index in [2.05, 4.69) is 5.32 Å². The highest BCUT2D eigenvalue weighted by Gasteiger charge is 2.32. The van der Waals surface area contributed by atoms with Crippen LogP contribution in [0.1, 0.15) is 37.5 Å². The molecule has 1 N–H and O–H groups in total. The maximum atomic E-state index is 13.7. The van der Waals surface area contributed by atoms with Gasteiger partial charge in [0.2, 0.25) is 11.8 Å². The Morgan fingerprint density at radius 1 is 0.946 bits per heavy atom.